The topological polar surface area (TPSA) is 66.9 Å². The molecule has 0 unspecified atom stereocenters. The van der Waals surface area contributed by atoms with Crippen LogP contribution < -0.4 is 4.74 Å². The summed E-state index contributed by atoms with van der Waals surface area (Å²) in [6, 6.07) is 14.3. The number of methoxy groups -OCH3 is 1. The minimum absolute atomic E-state index is 0.0379. The van der Waals surface area contributed by atoms with E-state index in [1.54, 1.807) is 26.3 Å². The molecule has 1 fully saturated rings. The maximum atomic E-state index is 12.9. The third-order valence-electron chi connectivity index (χ3n) is 6.09. The number of nitrogens with zero attached hydrogens (tertiary/aromatic N) is 2. The Morgan fingerprint density at radius 1 is 1.06 bits per heavy atom. The molecule has 0 aromatic heterocycles. The van der Waals surface area contributed by atoms with Gasteiger partial charge in [-0.2, -0.15) is 4.31 Å². The van der Waals surface area contributed by atoms with Gasteiger partial charge in [-0.3, -0.25) is 4.79 Å². The molecule has 1 heterocycles. The van der Waals surface area contributed by atoms with E-state index in [9.17, 15) is 13.2 Å². The molecule has 1 saturated heterocycles. The van der Waals surface area contributed by atoms with Crippen LogP contribution in [-0.2, 0) is 16.4 Å². The van der Waals surface area contributed by atoms with Crippen molar-refractivity contribution in [2.24, 2.45) is 5.92 Å². The van der Waals surface area contributed by atoms with Gasteiger partial charge in [0.25, 0.3) is 5.91 Å². The van der Waals surface area contributed by atoms with Crippen molar-refractivity contribution < 1.29 is 17.9 Å². The number of piperidine rings is 1. The van der Waals surface area contributed by atoms with Crippen LogP contribution >= 0.6 is 0 Å². The molecule has 7 heteroatoms. The standard InChI is InChI=1S/C24H32N2O4S/c1-18(2)25(3)31(28,29)23-11-7-21(8-12-23)24(27)26-15-13-20(14-16-26)17-19-5-9-22(30-4)10-6-19/h5-12,18,20H,13-17H2,1-4H3. The van der Waals surface area contributed by atoms with E-state index < -0.39 is 10.0 Å². The summed E-state index contributed by atoms with van der Waals surface area (Å²) in [4.78, 5) is 15.0. The normalized spacial score (nSPS) is 15.5. The first-order valence-corrected chi connectivity index (χ1v) is 12.2. The van der Waals surface area contributed by atoms with Gasteiger partial charge in [0.1, 0.15) is 5.75 Å². The summed E-state index contributed by atoms with van der Waals surface area (Å²) in [5, 5.41) is 0. The van der Waals surface area contributed by atoms with Crippen LogP contribution in [0.3, 0.4) is 0 Å². The lowest BCUT2D eigenvalue weighted by Gasteiger charge is -2.32. The smallest absolute Gasteiger partial charge is 0.253 e. The number of carbonyl (C=O) groups is 1. The number of amides is 1. The van der Waals surface area contributed by atoms with Gasteiger partial charge in [-0.25, -0.2) is 8.42 Å². The fraction of sp³-hybridized carbons (Fsp3) is 0.458. The van der Waals surface area contributed by atoms with Crippen LogP contribution in [0.1, 0.15) is 42.6 Å². The monoisotopic (exact) mass is 444 g/mol. The van der Waals surface area contributed by atoms with E-state index in [2.05, 4.69) is 12.1 Å². The van der Waals surface area contributed by atoms with E-state index in [4.69, 9.17) is 4.74 Å². The van der Waals surface area contributed by atoms with Crippen molar-refractivity contribution in [1.82, 2.24) is 9.21 Å². The zero-order valence-electron chi connectivity index (χ0n) is 18.7. The molecule has 168 valence electrons. The van der Waals surface area contributed by atoms with Crippen molar-refractivity contribution in [2.45, 2.75) is 44.0 Å². The summed E-state index contributed by atoms with van der Waals surface area (Å²) in [7, 11) is -0.317. The van der Waals surface area contributed by atoms with Crippen molar-refractivity contribution >= 4 is 15.9 Å². The highest BCUT2D eigenvalue weighted by Gasteiger charge is 2.26. The van der Waals surface area contributed by atoms with Gasteiger partial charge >= 0.3 is 0 Å². The van der Waals surface area contributed by atoms with E-state index >= 15 is 0 Å². The SMILES string of the molecule is COc1ccc(CC2CCN(C(=O)c3ccc(S(=O)(=O)N(C)C(C)C)cc3)CC2)cc1. The average molecular weight is 445 g/mol. The quantitative estimate of drug-likeness (QED) is 0.651. The first-order chi connectivity index (χ1) is 14.7. The van der Waals surface area contributed by atoms with Crippen molar-refractivity contribution in [2.75, 3.05) is 27.2 Å². The third-order valence-corrected chi connectivity index (χ3v) is 8.14. The van der Waals surface area contributed by atoms with Gasteiger partial charge in [0.15, 0.2) is 0 Å². The molecule has 0 aliphatic carbocycles. The molecule has 2 aromatic carbocycles. The number of sulfonamides is 1. The minimum atomic E-state index is -3.55. The Bertz CT molecular complexity index is 977. The Morgan fingerprint density at radius 2 is 1.65 bits per heavy atom. The van der Waals surface area contributed by atoms with Crippen LogP contribution in [0.4, 0.5) is 0 Å². The molecule has 31 heavy (non-hydrogen) atoms. The lowest BCUT2D eigenvalue weighted by molar-refractivity contribution is 0.0690. The first kappa shape index (κ1) is 23.3. The Kier molecular flexibility index (Phi) is 7.38. The summed E-state index contributed by atoms with van der Waals surface area (Å²) < 4.78 is 31.7. The molecule has 0 N–H and O–H groups in total. The predicted octanol–water partition coefficient (Wildman–Crippen LogP) is 3.82. The van der Waals surface area contributed by atoms with Gasteiger partial charge in [0, 0.05) is 31.7 Å². The highest BCUT2D eigenvalue weighted by Crippen LogP contribution is 2.24. The molecule has 0 atom stereocenters. The molecule has 0 radical (unpaired) electrons. The third kappa shape index (κ3) is 5.46. The fourth-order valence-corrected chi connectivity index (χ4v) is 5.20. The van der Waals surface area contributed by atoms with Crippen molar-refractivity contribution in [3.63, 3.8) is 0 Å². The van der Waals surface area contributed by atoms with Crippen LogP contribution in [0.2, 0.25) is 0 Å². The molecule has 6 nitrogen and oxygen atoms in total. The molecule has 0 saturated carbocycles. The lowest BCUT2D eigenvalue weighted by atomic mass is 9.90. The molecule has 1 aliphatic heterocycles. The summed E-state index contributed by atoms with van der Waals surface area (Å²) in [6.07, 6.45) is 2.93. The van der Waals surface area contributed by atoms with Gasteiger partial charge in [0.2, 0.25) is 10.0 Å². The van der Waals surface area contributed by atoms with Crippen LogP contribution in [0.25, 0.3) is 0 Å². The number of hydrogen-bond acceptors (Lipinski definition) is 4. The first-order valence-electron chi connectivity index (χ1n) is 10.7. The highest BCUT2D eigenvalue weighted by molar-refractivity contribution is 7.89. The molecular formula is C24H32N2O4S. The van der Waals surface area contributed by atoms with Crippen LogP contribution in [0.15, 0.2) is 53.4 Å². The van der Waals surface area contributed by atoms with E-state index in [1.807, 2.05) is 30.9 Å². The summed E-state index contributed by atoms with van der Waals surface area (Å²) in [6.45, 7) is 5.09. The van der Waals surface area contributed by atoms with Crippen molar-refractivity contribution in [3.05, 3.63) is 59.7 Å². The average Bonchev–Trinajstić information content (AvgIpc) is 2.79. The Labute approximate surface area is 185 Å². The second-order valence-corrected chi connectivity index (χ2v) is 10.4. The molecule has 1 amide bonds. The van der Waals surface area contributed by atoms with Gasteiger partial charge in [-0.05, 0) is 81.0 Å². The molecule has 3 rings (SSSR count). The van der Waals surface area contributed by atoms with Gasteiger partial charge in [0.05, 0.1) is 12.0 Å². The number of carbonyl (C=O) groups excluding carboxylic acids is 1. The highest BCUT2D eigenvalue weighted by atomic mass is 32.2. The largest absolute Gasteiger partial charge is 0.497 e. The number of benzene rings is 2. The molecule has 2 aromatic rings. The molecule has 0 spiro atoms. The van der Waals surface area contributed by atoms with Crippen LogP contribution in [0.5, 0.6) is 5.75 Å². The predicted molar refractivity (Wildman–Crippen MR) is 122 cm³/mol. The molecule has 0 bridgehead atoms. The number of likely N-dealkylation sites (tertiary alicyclic amines) is 1. The second-order valence-electron chi connectivity index (χ2n) is 8.43. The van der Waals surface area contributed by atoms with Gasteiger partial charge in [-0.15, -0.1) is 0 Å². The van der Waals surface area contributed by atoms with Crippen molar-refractivity contribution in [3.8, 4) is 5.75 Å². The summed E-state index contributed by atoms with van der Waals surface area (Å²) >= 11 is 0. The fourth-order valence-electron chi connectivity index (χ4n) is 3.83. The zero-order chi connectivity index (χ0) is 22.6. The maximum absolute atomic E-state index is 12.9. The van der Waals surface area contributed by atoms with E-state index in [-0.39, 0.29) is 16.8 Å². The number of rotatable bonds is 7. The Morgan fingerprint density at radius 3 is 2.16 bits per heavy atom. The second kappa shape index (κ2) is 9.83. The Hall–Kier alpha value is -2.38. The lowest BCUT2D eigenvalue weighted by Crippen LogP contribution is -2.39. The van der Waals surface area contributed by atoms with Crippen molar-refractivity contribution in [1.29, 1.82) is 0 Å². The number of ether oxygens (including phenoxy) is 1. The molecule has 1 aliphatic rings. The maximum Gasteiger partial charge on any atom is 0.253 e. The van der Waals surface area contributed by atoms with E-state index in [1.165, 1.54) is 22.0 Å². The minimum Gasteiger partial charge on any atom is -0.497 e. The van der Waals surface area contributed by atoms with E-state index in [0.29, 0.717) is 11.5 Å². The summed E-state index contributed by atoms with van der Waals surface area (Å²) in [5.74, 6) is 1.37. The van der Waals surface area contributed by atoms with E-state index in [0.717, 1.165) is 38.1 Å². The summed E-state index contributed by atoms with van der Waals surface area (Å²) in [5.41, 5.74) is 1.81. The van der Waals surface area contributed by atoms with Crippen LogP contribution in [-0.4, -0.2) is 56.8 Å². The zero-order valence-corrected chi connectivity index (χ0v) is 19.6. The van der Waals surface area contributed by atoms with Gasteiger partial charge < -0.3 is 9.64 Å². The molecular weight excluding hydrogens is 412 g/mol. The van der Waals surface area contributed by atoms with Crippen LogP contribution in [0, 0.1) is 5.92 Å². The Balaban J connectivity index is 1.58. The van der Waals surface area contributed by atoms with Gasteiger partial charge in [-0.1, -0.05) is 12.1 Å². The number of hydrogen-bond donors (Lipinski definition) is 0.